The van der Waals surface area contributed by atoms with E-state index in [1.807, 2.05) is 23.9 Å². The Morgan fingerprint density at radius 1 is 1.53 bits per heavy atom. The molecule has 106 valence electrons. The molecule has 19 heavy (non-hydrogen) atoms. The molecule has 0 amide bonds. The van der Waals surface area contributed by atoms with Gasteiger partial charge in [0.15, 0.2) is 0 Å². The molecular weight excluding hydrogens is 261 g/mol. The van der Waals surface area contributed by atoms with Gasteiger partial charge in [0.25, 0.3) is 0 Å². The second-order valence-electron chi connectivity index (χ2n) is 4.87. The molecule has 1 saturated heterocycles. The van der Waals surface area contributed by atoms with Crippen LogP contribution in [0.2, 0.25) is 0 Å². The number of thioether (sulfide) groups is 1. The number of benzene rings is 1. The predicted octanol–water partition coefficient (Wildman–Crippen LogP) is 3.77. The Hall–Kier alpha value is -0.740. The summed E-state index contributed by atoms with van der Waals surface area (Å²) in [4.78, 5) is 0. The largest absolute Gasteiger partial charge is 0.497 e. The van der Waals surface area contributed by atoms with Crippen molar-refractivity contribution in [1.29, 1.82) is 0 Å². The van der Waals surface area contributed by atoms with Gasteiger partial charge in [-0.25, -0.2) is 4.39 Å². The molecule has 1 aliphatic heterocycles. The van der Waals surface area contributed by atoms with Gasteiger partial charge in [-0.1, -0.05) is 13.0 Å². The van der Waals surface area contributed by atoms with E-state index in [9.17, 15) is 4.39 Å². The molecule has 0 radical (unpaired) electrons. The molecule has 0 bridgehead atoms. The number of hydrogen-bond acceptors (Lipinski definition) is 3. The van der Waals surface area contributed by atoms with Gasteiger partial charge < -0.3 is 10.1 Å². The number of rotatable bonds is 6. The number of methoxy groups -OCH3 is 1. The Bertz CT molecular complexity index is 407. The standard InChI is InChI=1S/C15H22FNOS/c1-3-8-17-15(14-5-4-9-19-14)12-7-6-11(18-2)10-13(12)16/h6-7,10,14-15,17H,3-5,8-9H2,1-2H3. The lowest BCUT2D eigenvalue weighted by atomic mass is 10.00. The highest BCUT2D eigenvalue weighted by Crippen LogP contribution is 2.37. The van der Waals surface area contributed by atoms with E-state index < -0.39 is 0 Å². The second kappa shape index (κ2) is 7.15. The summed E-state index contributed by atoms with van der Waals surface area (Å²) in [6.07, 6.45) is 3.46. The molecule has 1 aromatic rings. The van der Waals surface area contributed by atoms with Crippen LogP contribution in [-0.4, -0.2) is 24.7 Å². The molecule has 0 aromatic heterocycles. The van der Waals surface area contributed by atoms with Crippen molar-refractivity contribution in [2.45, 2.75) is 37.5 Å². The summed E-state index contributed by atoms with van der Waals surface area (Å²) >= 11 is 1.95. The second-order valence-corrected chi connectivity index (χ2v) is 6.22. The zero-order chi connectivity index (χ0) is 13.7. The molecule has 4 heteroatoms. The first-order chi connectivity index (χ1) is 9.26. The first-order valence-electron chi connectivity index (χ1n) is 6.94. The van der Waals surface area contributed by atoms with E-state index >= 15 is 0 Å². The van der Waals surface area contributed by atoms with Crippen molar-refractivity contribution >= 4 is 11.8 Å². The van der Waals surface area contributed by atoms with Crippen molar-refractivity contribution in [2.24, 2.45) is 0 Å². The maximum Gasteiger partial charge on any atom is 0.131 e. The van der Waals surface area contributed by atoms with Gasteiger partial charge >= 0.3 is 0 Å². The van der Waals surface area contributed by atoms with Crippen LogP contribution in [0.15, 0.2) is 18.2 Å². The number of hydrogen-bond donors (Lipinski definition) is 1. The highest BCUT2D eigenvalue weighted by atomic mass is 32.2. The third kappa shape index (κ3) is 3.63. The lowest BCUT2D eigenvalue weighted by molar-refractivity contribution is 0.408. The summed E-state index contributed by atoms with van der Waals surface area (Å²) in [5.74, 6) is 1.60. The van der Waals surface area contributed by atoms with Crippen molar-refractivity contribution < 1.29 is 9.13 Å². The molecule has 2 atom stereocenters. The quantitative estimate of drug-likeness (QED) is 0.858. The van der Waals surface area contributed by atoms with Gasteiger partial charge in [-0.15, -0.1) is 0 Å². The van der Waals surface area contributed by atoms with E-state index in [-0.39, 0.29) is 11.9 Å². The van der Waals surface area contributed by atoms with Crippen molar-refractivity contribution in [2.75, 3.05) is 19.4 Å². The maximum atomic E-state index is 14.2. The van der Waals surface area contributed by atoms with Crippen LogP contribution < -0.4 is 10.1 Å². The molecule has 1 fully saturated rings. The molecular formula is C15H22FNOS. The number of ether oxygens (including phenoxy) is 1. The third-order valence-corrected chi connectivity index (χ3v) is 4.95. The van der Waals surface area contributed by atoms with Crippen molar-refractivity contribution in [1.82, 2.24) is 5.32 Å². The van der Waals surface area contributed by atoms with Gasteiger partial charge in [-0.05, 0) is 37.6 Å². The normalized spacial score (nSPS) is 20.5. The molecule has 2 unspecified atom stereocenters. The number of halogens is 1. The Balaban J connectivity index is 2.20. The molecule has 2 rings (SSSR count). The van der Waals surface area contributed by atoms with E-state index in [2.05, 4.69) is 12.2 Å². The van der Waals surface area contributed by atoms with Crippen LogP contribution in [-0.2, 0) is 0 Å². The van der Waals surface area contributed by atoms with Crippen LogP contribution in [0.25, 0.3) is 0 Å². The first-order valence-corrected chi connectivity index (χ1v) is 7.99. The highest BCUT2D eigenvalue weighted by molar-refractivity contribution is 8.00. The van der Waals surface area contributed by atoms with Crippen LogP contribution >= 0.6 is 11.8 Å². The van der Waals surface area contributed by atoms with Crippen LogP contribution in [0, 0.1) is 5.82 Å². The lowest BCUT2D eigenvalue weighted by Crippen LogP contribution is -2.30. The summed E-state index contributed by atoms with van der Waals surface area (Å²) in [5, 5.41) is 3.99. The zero-order valence-electron chi connectivity index (χ0n) is 11.6. The maximum absolute atomic E-state index is 14.2. The molecule has 0 spiro atoms. The number of nitrogens with one attached hydrogen (secondary N) is 1. The SMILES string of the molecule is CCCNC(c1ccc(OC)cc1F)C1CCCS1. The summed E-state index contributed by atoms with van der Waals surface area (Å²) in [6.45, 7) is 3.06. The summed E-state index contributed by atoms with van der Waals surface area (Å²) in [6, 6.07) is 5.30. The van der Waals surface area contributed by atoms with E-state index in [1.165, 1.54) is 18.2 Å². The van der Waals surface area contributed by atoms with E-state index in [0.29, 0.717) is 11.0 Å². The fourth-order valence-corrected chi connectivity index (χ4v) is 3.90. The Morgan fingerprint density at radius 3 is 2.95 bits per heavy atom. The van der Waals surface area contributed by atoms with E-state index in [1.54, 1.807) is 7.11 Å². The molecule has 1 aliphatic rings. The summed E-state index contributed by atoms with van der Waals surface area (Å²) < 4.78 is 19.3. The predicted molar refractivity (Wildman–Crippen MR) is 79.5 cm³/mol. The fraction of sp³-hybridized carbons (Fsp3) is 0.600. The van der Waals surface area contributed by atoms with Gasteiger partial charge in [0.2, 0.25) is 0 Å². The average molecular weight is 283 g/mol. The Kier molecular flexibility index (Phi) is 5.52. The monoisotopic (exact) mass is 283 g/mol. The molecule has 0 saturated carbocycles. The lowest BCUT2D eigenvalue weighted by Gasteiger charge is -2.25. The molecule has 2 nitrogen and oxygen atoms in total. The average Bonchev–Trinajstić information content (AvgIpc) is 2.94. The minimum atomic E-state index is -0.166. The van der Waals surface area contributed by atoms with Crippen molar-refractivity contribution in [3.8, 4) is 5.75 Å². The topological polar surface area (TPSA) is 21.3 Å². The van der Waals surface area contributed by atoms with E-state index in [4.69, 9.17) is 4.74 Å². The van der Waals surface area contributed by atoms with Crippen LogP contribution in [0.5, 0.6) is 5.75 Å². The van der Waals surface area contributed by atoms with Crippen LogP contribution in [0.1, 0.15) is 37.8 Å². The van der Waals surface area contributed by atoms with Gasteiger partial charge in [-0.3, -0.25) is 0 Å². The smallest absolute Gasteiger partial charge is 0.131 e. The highest BCUT2D eigenvalue weighted by Gasteiger charge is 2.28. The Morgan fingerprint density at radius 2 is 2.37 bits per heavy atom. The molecule has 1 aromatic carbocycles. The minimum Gasteiger partial charge on any atom is -0.497 e. The first kappa shape index (κ1) is 14.7. The van der Waals surface area contributed by atoms with Gasteiger partial charge in [0.1, 0.15) is 11.6 Å². The zero-order valence-corrected chi connectivity index (χ0v) is 12.4. The molecule has 0 aliphatic carbocycles. The van der Waals surface area contributed by atoms with Gasteiger partial charge in [-0.2, -0.15) is 11.8 Å². The Labute approximate surface area is 119 Å². The summed E-state index contributed by atoms with van der Waals surface area (Å²) in [7, 11) is 1.56. The molecule has 1 heterocycles. The van der Waals surface area contributed by atoms with Gasteiger partial charge in [0.05, 0.1) is 7.11 Å². The van der Waals surface area contributed by atoms with Crippen LogP contribution in [0.3, 0.4) is 0 Å². The van der Waals surface area contributed by atoms with E-state index in [0.717, 1.165) is 24.9 Å². The summed E-state index contributed by atoms with van der Waals surface area (Å²) in [5.41, 5.74) is 0.772. The molecule has 1 N–H and O–H groups in total. The minimum absolute atomic E-state index is 0.110. The van der Waals surface area contributed by atoms with Crippen LogP contribution in [0.4, 0.5) is 4.39 Å². The van der Waals surface area contributed by atoms with Crippen molar-refractivity contribution in [3.05, 3.63) is 29.6 Å². The third-order valence-electron chi connectivity index (χ3n) is 3.49. The fourth-order valence-electron chi connectivity index (χ4n) is 2.49. The van der Waals surface area contributed by atoms with Gasteiger partial charge in [0, 0.05) is 22.9 Å². The van der Waals surface area contributed by atoms with Crippen molar-refractivity contribution in [3.63, 3.8) is 0 Å².